The van der Waals surface area contributed by atoms with Crippen molar-refractivity contribution in [2.75, 3.05) is 24.7 Å². The van der Waals surface area contributed by atoms with Crippen LogP contribution in [0.3, 0.4) is 0 Å². The number of nitrogens with two attached hydrogens (primary N) is 2. The van der Waals surface area contributed by atoms with E-state index in [1.54, 1.807) is 6.33 Å². The first-order valence-electron chi connectivity index (χ1n) is 10.5. The van der Waals surface area contributed by atoms with Gasteiger partial charge in [-0.15, -0.1) is 23.5 Å². The molecule has 5 rings (SSSR count). The third-order valence-electron chi connectivity index (χ3n) is 5.34. The zero-order valence-corrected chi connectivity index (χ0v) is 19.1. The summed E-state index contributed by atoms with van der Waals surface area (Å²) in [6, 6.07) is 17.8. The zero-order valence-electron chi connectivity index (χ0n) is 17.4. The number of nitrogens with zero attached hydrogens (tertiary/aromatic N) is 2. The largest absolute Gasteiger partial charge is 0.492 e. The SMILES string of the molecule is NCCOc1ccc(-c2oc3ncnc(C(N)C4SCCS4)c3c2-c2ccccc2)cc1. The van der Waals surface area contributed by atoms with Gasteiger partial charge in [0.25, 0.3) is 0 Å². The lowest BCUT2D eigenvalue weighted by atomic mass is 9.97. The molecule has 1 aliphatic rings. The van der Waals surface area contributed by atoms with E-state index in [2.05, 4.69) is 22.1 Å². The molecule has 0 amide bonds. The zero-order chi connectivity index (χ0) is 21.9. The van der Waals surface area contributed by atoms with Gasteiger partial charge in [-0.2, -0.15) is 0 Å². The van der Waals surface area contributed by atoms with Crippen LogP contribution in [0.25, 0.3) is 33.6 Å². The number of aromatic nitrogens is 2. The minimum Gasteiger partial charge on any atom is -0.492 e. The molecule has 6 nitrogen and oxygen atoms in total. The molecule has 32 heavy (non-hydrogen) atoms. The lowest BCUT2D eigenvalue weighted by Gasteiger charge is -2.18. The van der Waals surface area contributed by atoms with Crippen molar-refractivity contribution in [1.29, 1.82) is 0 Å². The summed E-state index contributed by atoms with van der Waals surface area (Å²) >= 11 is 3.78. The topological polar surface area (TPSA) is 100 Å². The Morgan fingerprint density at radius 3 is 2.47 bits per heavy atom. The summed E-state index contributed by atoms with van der Waals surface area (Å²) in [5.41, 5.74) is 16.6. The number of hydrogen-bond acceptors (Lipinski definition) is 8. The summed E-state index contributed by atoms with van der Waals surface area (Å²) in [5.74, 6) is 3.74. The second-order valence-corrected chi connectivity index (χ2v) is 10.2. The van der Waals surface area contributed by atoms with Crippen LogP contribution in [0.2, 0.25) is 0 Å². The Morgan fingerprint density at radius 1 is 1.00 bits per heavy atom. The average Bonchev–Trinajstić information content (AvgIpc) is 3.51. The van der Waals surface area contributed by atoms with E-state index < -0.39 is 0 Å². The van der Waals surface area contributed by atoms with E-state index in [0.29, 0.717) is 18.9 Å². The van der Waals surface area contributed by atoms with E-state index in [1.807, 2.05) is 66.0 Å². The molecule has 1 fully saturated rings. The summed E-state index contributed by atoms with van der Waals surface area (Å²) < 4.78 is 12.2. The number of ether oxygens (including phenoxy) is 1. The van der Waals surface area contributed by atoms with Crippen molar-refractivity contribution in [3.05, 3.63) is 66.6 Å². The van der Waals surface area contributed by atoms with E-state index in [-0.39, 0.29) is 10.6 Å². The van der Waals surface area contributed by atoms with Crippen LogP contribution < -0.4 is 16.2 Å². The standard InChI is InChI=1S/C24H24N4O2S2/c25-10-11-29-17-8-6-16(7-9-17)22-18(15-4-2-1-3-5-15)19-21(27-14-28-23(19)30-22)20(26)24-31-12-13-32-24/h1-9,14,20,24H,10-13,25-26H2. The third-order valence-corrected chi connectivity index (χ3v) is 8.54. The Kier molecular flexibility index (Phi) is 6.36. The highest BCUT2D eigenvalue weighted by atomic mass is 32.2. The van der Waals surface area contributed by atoms with Gasteiger partial charge in [-0.25, -0.2) is 9.97 Å². The predicted molar refractivity (Wildman–Crippen MR) is 133 cm³/mol. The van der Waals surface area contributed by atoms with E-state index in [4.69, 9.17) is 20.6 Å². The molecule has 1 saturated heterocycles. The molecule has 4 aromatic rings. The Morgan fingerprint density at radius 2 is 1.75 bits per heavy atom. The van der Waals surface area contributed by atoms with Gasteiger partial charge in [0.05, 0.1) is 21.7 Å². The first-order valence-corrected chi connectivity index (χ1v) is 12.6. The molecule has 3 heterocycles. The molecule has 2 aromatic heterocycles. The molecule has 1 aliphatic heterocycles. The molecule has 0 aliphatic carbocycles. The molecule has 2 aromatic carbocycles. The van der Waals surface area contributed by atoms with Crippen molar-refractivity contribution in [3.63, 3.8) is 0 Å². The van der Waals surface area contributed by atoms with E-state index in [0.717, 1.165) is 50.8 Å². The predicted octanol–water partition coefficient (Wildman–Crippen LogP) is 4.70. The molecule has 0 bridgehead atoms. The molecule has 0 radical (unpaired) electrons. The smallest absolute Gasteiger partial charge is 0.230 e. The monoisotopic (exact) mass is 464 g/mol. The van der Waals surface area contributed by atoms with Crippen molar-refractivity contribution < 1.29 is 9.15 Å². The Labute approximate surface area is 195 Å². The van der Waals surface area contributed by atoms with Crippen LogP contribution in [0.5, 0.6) is 5.75 Å². The highest BCUT2D eigenvalue weighted by molar-refractivity contribution is 8.20. The Bertz CT molecular complexity index is 1190. The number of hydrogen-bond donors (Lipinski definition) is 2. The van der Waals surface area contributed by atoms with Gasteiger partial charge >= 0.3 is 0 Å². The Balaban J connectivity index is 1.67. The van der Waals surface area contributed by atoms with Gasteiger partial charge < -0.3 is 20.6 Å². The molecular formula is C24H24N4O2S2. The molecule has 164 valence electrons. The van der Waals surface area contributed by atoms with Gasteiger partial charge in [-0.1, -0.05) is 30.3 Å². The molecule has 1 unspecified atom stereocenters. The maximum atomic E-state index is 6.73. The number of thioether (sulfide) groups is 2. The molecule has 0 spiro atoms. The van der Waals surface area contributed by atoms with Gasteiger partial charge in [-0.05, 0) is 29.8 Å². The fraction of sp³-hybridized carbons (Fsp3) is 0.250. The average molecular weight is 465 g/mol. The van der Waals surface area contributed by atoms with Crippen molar-refractivity contribution >= 4 is 34.6 Å². The summed E-state index contributed by atoms with van der Waals surface area (Å²) in [5, 5.41) is 0.887. The molecular weight excluding hydrogens is 440 g/mol. The fourth-order valence-electron chi connectivity index (χ4n) is 3.88. The summed E-state index contributed by atoms with van der Waals surface area (Å²) in [6.45, 7) is 0.954. The summed E-state index contributed by atoms with van der Waals surface area (Å²) in [4.78, 5) is 9.09. The maximum absolute atomic E-state index is 6.73. The van der Waals surface area contributed by atoms with E-state index in [9.17, 15) is 0 Å². The van der Waals surface area contributed by atoms with Gasteiger partial charge in [0.1, 0.15) is 24.4 Å². The quantitative estimate of drug-likeness (QED) is 0.406. The molecule has 1 atom stereocenters. The van der Waals surface area contributed by atoms with Crippen LogP contribution in [0.15, 0.2) is 65.3 Å². The van der Waals surface area contributed by atoms with Crippen molar-refractivity contribution in [3.8, 4) is 28.2 Å². The minimum absolute atomic E-state index is 0.210. The fourth-order valence-corrected chi connectivity index (χ4v) is 6.75. The van der Waals surface area contributed by atoms with Crippen LogP contribution >= 0.6 is 23.5 Å². The third kappa shape index (κ3) is 4.11. The number of fused-ring (bicyclic) bond motifs is 1. The Hall–Kier alpha value is -2.52. The van der Waals surface area contributed by atoms with E-state index in [1.165, 1.54) is 0 Å². The van der Waals surface area contributed by atoms with Gasteiger partial charge in [0.15, 0.2) is 0 Å². The summed E-state index contributed by atoms with van der Waals surface area (Å²) in [6.07, 6.45) is 1.55. The van der Waals surface area contributed by atoms with E-state index >= 15 is 0 Å². The number of furan rings is 1. The maximum Gasteiger partial charge on any atom is 0.230 e. The summed E-state index contributed by atoms with van der Waals surface area (Å²) in [7, 11) is 0. The first-order chi connectivity index (χ1) is 15.8. The van der Waals surface area contributed by atoms with Crippen LogP contribution in [-0.4, -0.2) is 39.2 Å². The number of rotatable bonds is 7. The van der Waals surface area contributed by atoms with Crippen LogP contribution in [0.1, 0.15) is 11.7 Å². The van der Waals surface area contributed by atoms with Gasteiger partial charge in [0, 0.05) is 29.2 Å². The van der Waals surface area contributed by atoms with Gasteiger partial charge in [0.2, 0.25) is 5.71 Å². The second-order valence-electron chi connectivity index (χ2n) is 7.41. The lowest BCUT2D eigenvalue weighted by Crippen LogP contribution is -2.21. The highest BCUT2D eigenvalue weighted by Gasteiger charge is 2.30. The minimum atomic E-state index is -0.210. The van der Waals surface area contributed by atoms with Gasteiger partial charge in [-0.3, -0.25) is 0 Å². The molecule has 8 heteroatoms. The van der Waals surface area contributed by atoms with Crippen LogP contribution in [0, 0.1) is 0 Å². The van der Waals surface area contributed by atoms with Crippen molar-refractivity contribution in [2.24, 2.45) is 11.5 Å². The highest BCUT2D eigenvalue weighted by Crippen LogP contribution is 2.45. The second kappa shape index (κ2) is 9.54. The van der Waals surface area contributed by atoms with Crippen molar-refractivity contribution in [2.45, 2.75) is 10.6 Å². The molecule has 0 saturated carbocycles. The first kappa shape index (κ1) is 21.3. The lowest BCUT2D eigenvalue weighted by molar-refractivity contribution is 0.328. The van der Waals surface area contributed by atoms with Crippen LogP contribution in [-0.2, 0) is 0 Å². The normalized spacial score (nSPS) is 15.3. The van der Waals surface area contributed by atoms with Crippen molar-refractivity contribution in [1.82, 2.24) is 9.97 Å². The molecule has 4 N–H and O–H groups in total. The number of benzene rings is 2. The van der Waals surface area contributed by atoms with Crippen LogP contribution in [0.4, 0.5) is 0 Å².